The van der Waals surface area contributed by atoms with Gasteiger partial charge in [-0.15, -0.1) is 0 Å². The number of carbonyl (C=O) groups excluding carboxylic acids is 2. The highest BCUT2D eigenvalue weighted by Crippen LogP contribution is 2.24. The van der Waals surface area contributed by atoms with E-state index < -0.39 is 5.97 Å². The smallest absolute Gasteiger partial charge is 0.343 e. The second-order valence-corrected chi connectivity index (χ2v) is 6.65. The Morgan fingerprint density at radius 3 is 2.39 bits per heavy atom. The molecule has 31 heavy (non-hydrogen) atoms. The van der Waals surface area contributed by atoms with Crippen molar-refractivity contribution in [3.8, 4) is 11.5 Å². The fourth-order valence-electron chi connectivity index (χ4n) is 2.87. The van der Waals surface area contributed by atoms with Crippen LogP contribution in [0.5, 0.6) is 11.5 Å². The predicted octanol–water partition coefficient (Wildman–Crippen LogP) is 4.81. The van der Waals surface area contributed by atoms with E-state index in [0.29, 0.717) is 5.75 Å². The minimum Gasteiger partial charge on any atom is -0.733 e. The highest BCUT2D eigenvalue weighted by molar-refractivity contribution is 6.09. The molecule has 0 atom stereocenters. The van der Waals surface area contributed by atoms with Gasteiger partial charge in [0, 0.05) is 5.56 Å². The Morgan fingerprint density at radius 2 is 1.71 bits per heavy atom. The van der Waals surface area contributed by atoms with Gasteiger partial charge >= 0.3 is 5.97 Å². The third-order valence-electron chi connectivity index (χ3n) is 4.48. The van der Waals surface area contributed by atoms with Crippen molar-refractivity contribution in [3.63, 3.8) is 0 Å². The van der Waals surface area contributed by atoms with Crippen molar-refractivity contribution in [2.24, 2.45) is 0 Å². The topological polar surface area (TPSA) is 99.1 Å². The first-order valence-corrected chi connectivity index (χ1v) is 9.33. The summed E-state index contributed by atoms with van der Waals surface area (Å²) in [4.78, 5) is 25.3. The average molecular weight is 418 g/mol. The van der Waals surface area contributed by atoms with Crippen LogP contribution in [-0.2, 0) is 0 Å². The zero-order valence-corrected chi connectivity index (χ0v) is 16.9. The van der Waals surface area contributed by atoms with Crippen molar-refractivity contribution in [2.45, 2.75) is 6.92 Å². The molecule has 0 aliphatic carbocycles. The van der Waals surface area contributed by atoms with Crippen LogP contribution in [0.25, 0.3) is 6.08 Å². The molecule has 0 spiro atoms. The Kier molecular flexibility index (Phi) is 6.81. The largest absolute Gasteiger partial charge is 0.733 e. The first-order valence-electron chi connectivity index (χ1n) is 9.33. The normalized spacial score (nSPS) is 10.7. The number of benzene rings is 3. The van der Waals surface area contributed by atoms with E-state index in [1.54, 1.807) is 37.5 Å². The maximum atomic E-state index is 12.8. The van der Waals surface area contributed by atoms with E-state index in [2.05, 4.69) is 0 Å². The van der Waals surface area contributed by atoms with Crippen LogP contribution < -0.4 is 14.7 Å². The van der Waals surface area contributed by atoms with Gasteiger partial charge in [0.1, 0.15) is 11.5 Å². The van der Waals surface area contributed by atoms with Gasteiger partial charge in [-0.2, -0.15) is 0 Å². The molecule has 0 heterocycles. The number of allylic oxidation sites excluding steroid dienone is 1. The van der Waals surface area contributed by atoms with Crippen molar-refractivity contribution in [1.82, 2.24) is 0 Å². The lowest BCUT2D eigenvalue weighted by atomic mass is 10.0. The Bertz CT molecular complexity index is 1120. The SMILES string of the molecule is COc1ccccc1C=CC(=O)c1cc(C)ccc1OC(=O)c1ccc(N([O-])O)cc1. The Hall–Kier alpha value is -3.94. The maximum Gasteiger partial charge on any atom is 0.343 e. The van der Waals surface area contributed by atoms with Crippen molar-refractivity contribution >= 4 is 23.5 Å². The highest BCUT2D eigenvalue weighted by atomic mass is 16.8. The summed E-state index contributed by atoms with van der Waals surface area (Å²) in [6, 6.07) is 17.4. The molecule has 0 bridgehead atoms. The molecular weight excluding hydrogens is 398 g/mol. The molecule has 0 radical (unpaired) electrons. The Morgan fingerprint density at radius 1 is 1.00 bits per heavy atom. The number of carbonyl (C=O) groups is 2. The molecule has 1 N–H and O–H groups in total. The summed E-state index contributed by atoms with van der Waals surface area (Å²) < 4.78 is 10.7. The molecule has 158 valence electrons. The maximum absolute atomic E-state index is 12.8. The van der Waals surface area contributed by atoms with Crippen LogP contribution in [0.15, 0.2) is 72.8 Å². The summed E-state index contributed by atoms with van der Waals surface area (Å²) in [5.74, 6) is -0.295. The van der Waals surface area contributed by atoms with Crippen LogP contribution in [0.1, 0.15) is 31.8 Å². The molecule has 0 aromatic heterocycles. The number of anilines is 1. The number of esters is 1. The minimum atomic E-state index is -0.700. The average Bonchev–Trinajstić information content (AvgIpc) is 2.78. The van der Waals surface area contributed by atoms with E-state index in [0.717, 1.165) is 11.1 Å². The van der Waals surface area contributed by atoms with E-state index in [4.69, 9.17) is 14.7 Å². The fraction of sp³-hybridized carbons (Fsp3) is 0.0833. The van der Waals surface area contributed by atoms with Gasteiger partial charge in [0.2, 0.25) is 0 Å². The molecule has 0 aliphatic rings. The summed E-state index contributed by atoms with van der Waals surface area (Å²) in [6.07, 6.45) is 3.03. The third kappa shape index (κ3) is 5.36. The lowest BCUT2D eigenvalue weighted by molar-refractivity contribution is 0.0733. The number of ketones is 1. The van der Waals surface area contributed by atoms with Crippen LogP contribution in [0.4, 0.5) is 5.69 Å². The van der Waals surface area contributed by atoms with Crippen molar-refractivity contribution in [3.05, 3.63) is 100 Å². The number of hydrogen-bond acceptors (Lipinski definition) is 7. The van der Waals surface area contributed by atoms with Gasteiger partial charge in [-0.3, -0.25) is 10.0 Å². The number of ether oxygens (including phenoxy) is 2. The molecule has 0 fully saturated rings. The van der Waals surface area contributed by atoms with Crippen molar-refractivity contribution in [2.75, 3.05) is 12.3 Å². The zero-order chi connectivity index (χ0) is 22.4. The lowest BCUT2D eigenvalue weighted by Gasteiger charge is -2.21. The van der Waals surface area contributed by atoms with Gasteiger partial charge in [0.25, 0.3) is 0 Å². The summed E-state index contributed by atoms with van der Waals surface area (Å²) in [7, 11) is 1.55. The first-order chi connectivity index (χ1) is 14.9. The second-order valence-electron chi connectivity index (χ2n) is 6.65. The second kappa shape index (κ2) is 9.71. The molecule has 7 nitrogen and oxygen atoms in total. The third-order valence-corrected chi connectivity index (χ3v) is 4.48. The lowest BCUT2D eigenvalue weighted by Crippen LogP contribution is -2.12. The summed E-state index contributed by atoms with van der Waals surface area (Å²) in [5.41, 5.74) is 1.94. The number of para-hydroxylation sites is 1. The first kappa shape index (κ1) is 21.8. The van der Waals surface area contributed by atoms with Gasteiger partial charge in [-0.25, -0.2) is 4.79 Å². The Labute approximate surface area is 179 Å². The van der Waals surface area contributed by atoms with Gasteiger partial charge < -0.3 is 19.9 Å². The molecule has 0 amide bonds. The quantitative estimate of drug-likeness (QED) is 0.193. The molecule has 3 aromatic carbocycles. The number of rotatable bonds is 7. The summed E-state index contributed by atoms with van der Waals surface area (Å²) >= 11 is 0. The van der Waals surface area contributed by atoms with Gasteiger partial charge in [-0.1, -0.05) is 29.8 Å². The summed E-state index contributed by atoms with van der Waals surface area (Å²) in [5, 5.41) is 19.5. The zero-order valence-electron chi connectivity index (χ0n) is 16.9. The summed E-state index contributed by atoms with van der Waals surface area (Å²) in [6.45, 7) is 1.83. The molecule has 0 saturated carbocycles. The number of aryl methyl sites for hydroxylation is 1. The van der Waals surface area contributed by atoms with Crippen molar-refractivity contribution in [1.29, 1.82) is 0 Å². The van der Waals surface area contributed by atoms with Gasteiger partial charge in [0.05, 0.1) is 23.9 Å². The molecule has 3 rings (SSSR count). The molecule has 0 saturated heterocycles. The molecular formula is C24H20NO6-. The van der Waals surface area contributed by atoms with Crippen molar-refractivity contribution < 1.29 is 24.3 Å². The van der Waals surface area contributed by atoms with E-state index >= 15 is 0 Å². The van der Waals surface area contributed by atoms with E-state index in [1.165, 1.54) is 30.3 Å². The minimum absolute atomic E-state index is 0.0239. The van der Waals surface area contributed by atoms with E-state index in [-0.39, 0.29) is 33.6 Å². The van der Waals surface area contributed by atoms with Crippen LogP contribution in [0.3, 0.4) is 0 Å². The van der Waals surface area contributed by atoms with Gasteiger partial charge in [0.15, 0.2) is 5.78 Å². The highest BCUT2D eigenvalue weighted by Gasteiger charge is 2.16. The van der Waals surface area contributed by atoms with E-state index in [1.807, 2.05) is 25.1 Å². The number of hydrogen-bond donors (Lipinski definition) is 1. The standard InChI is InChI=1S/C24H20NO6/c1-16-7-14-23(31-24(27)18-8-11-19(12-9-18)25(28)29)20(15-16)21(26)13-10-17-5-3-4-6-22(17)30-2/h3-15,28H,1-2H3/q-1. The van der Waals surface area contributed by atoms with Crippen LogP contribution in [0, 0.1) is 12.1 Å². The van der Waals surface area contributed by atoms with Crippen LogP contribution in [-0.4, -0.2) is 24.1 Å². The van der Waals surface area contributed by atoms with E-state index in [9.17, 15) is 14.8 Å². The molecule has 7 heteroatoms. The fourth-order valence-corrected chi connectivity index (χ4v) is 2.87. The monoisotopic (exact) mass is 418 g/mol. The molecule has 0 unspecified atom stereocenters. The van der Waals surface area contributed by atoms with Crippen LogP contribution in [0.2, 0.25) is 0 Å². The molecule has 0 aliphatic heterocycles. The van der Waals surface area contributed by atoms with Crippen LogP contribution >= 0.6 is 0 Å². The predicted molar refractivity (Wildman–Crippen MR) is 117 cm³/mol. The van der Waals surface area contributed by atoms with Gasteiger partial charge in [-0.05, 0) is 61.5 Å². The Balaban J connectivity index is 1.84. The number of methoxy groups -OCH3 is 1. The number of nitrogens with zero attached hydrogens (tertiary/aromatic N) is 1. The molecule has 3 aromatic rings.